The van der Waals surface area contributed by atoms with E-state index in [1.54, 1.807) is 10.6 Å². The molecule has 0 atom stereocenters. The highest BCUT2D eigenvalue weighted by atomic mass is 19.1. The molecule has 0 unspecified atom stereocenters. The van der Waals surface area contributed by atoms with Gasteiger partial charge in [0.1, 0.15) is 11.4 Å². The minimum atomic E-state index is -1.31. The zero-order valence-electron chi connectivity index (χ0n) is 27.5. The number of carboxylic acid groups (broad SMARTS) is 1. The average molecular weight is 642 g/mol. The zero-order valence-corrected chi connectivity index (χ0v) is 27.5. The number of carbonyl (C=O) groups is 2. The second-order valence-electron chi connectivity index (χ2n) is 12.0. The molecule has 1 N–H and O–H groups in total. The van der Waals surface area contributed by atoms with E-state index in [0.29, 0.717) is 50.2 Å². The molecule has 7 nitrogen and oxygen atoms in total. The van der Waals surface area contributed by atoms with Gasteiger partial charge in [0.15, 0.2) is 0 Å². The Kier molecular flexibility index (Phi) is 14.0. The maximum atomic E-state index is 15.3. The lowest BCUT2D eigenvalue weighted by molar-refractivity contribution is -0.131. The van der Waals surface area contributed by atoms with Crippen molar-refractivity contribution in [1.29, 1.82) is 0 Å². The summed E-state index contributed by atoms with van der Waals surface area (Å²) < 4.78 is 17.1. The highest BCUT2D eigenvalue weighted by Gasteiger charge is 2.29. The molecule has 2 fully saturated rings. The smallest absolute Gasteiger partial charge is 0.341 e. The van der Waals surface area contributed by atoms with Crippen molar-refractivity contribution in [3.05, 3.63) is 113 Å². The van der Waals surface area contributed by atoms with Gasteiger partial charge in [0, 0.05) is 50.2 Å². The number of hydrogen-bond donors (Lipinski definition) is 1. The van der Waals surface area contributed by atoms with Crippen molar-refractivity contribution in [2.45, 2.75) is 77.2 Å². The number of rotatable bonds is 17. The van der Waals surface area contributed by atoms with Crippen molar-refractivity contribution in [2.24, 2.45) is 0 Å². The second kappa shape index (κ2) is 18.6. The van der Waals surface area contributed by atoms with Crippen LogP contribution in [0.25, 0.3) is 10.9 Å². The second-order valence-corrected chi connectivity index (χ2v) is 12.0. The van der Waals surface area contributed by atoms with Crippen LogP contribution in [0.15, 0.2) is 96.0 Å². The number of allylic oxidation sites excluding steroid dienone is 12. The number of pyridine rings is 1. The first-order valence-corrected chi connectivity index (χ1v) is 16.9. The minimum absolute atomic E-state index is 0.0845. The van der Waals surface area contributed by atoms with Gasteiger partial charge in [-0.15, -0.1) is 0 Å². The number of hydrogen-bond acceptors (Lipinski definition) is 4. The van der Waals surface area contributed by atoms with Gasteiger partial charge in [0.25, 0.3) is 0 Å². The number of aromatic nitrogens is 1. The molecule has 2 aromatic rings. The molecule has 1 amide bonds. The molecule has 0 bridgehead atoms. The number of carbonyl (C=O) groups excluding carboxylic acids is 1. The first-order chi connectivity index (χ1) is 22.9. The molecule has 4 rings (SSSR count). The van der Waals surface area contributed by atoms with Crippen LogP contribution in [0.4, 0.5) is 10.1 Å². The van der Waals surface area contributed by atoms with Crippen molar-refractivity contribution < 1.29 is 19.1 Å². The summed E-state index contributed by atoms with van der Waals surface area (Å²) >= 11 is 0. The van der Waals surface area contributed by atoms with Crippen LogP contribution < -0.4 is 10.3 Å². The molecule has 0 radical (unpaired) electrons. The standard InChI is InChI=1S/C39H48FN3O4/c1-2-3-4-5-6-7-8-9-10-11-12-13-14-15-16-17-18-19-20-21-37(44)42-26-24-41(25-27-42)36-29-35-32(28-34(36)40)38(45)33(39(46)47)30-43(35)31-22-23-31/h3-4,6-7,9-10,12-13,15-16,18-19,28-31H,2,5,8,11,14,17,20-27H2,1H3,(H,46,47)/b4-3-,7-6-,10-9-,13-12-,16-15-,19-18-. The Labute approximate surface area is 277 Å². The third-order valence-corrected chi connectivity index (χ3v) is 8.37. The summed E-state index contributed by atoms with van der Waals surface area (Å²) in [6.45, 7) is 4.09. The van der Waals surface area contributed by atoms with E-state index in [1.165, 1.54) is 12.3 Å². The molecule has 8 heteroatoms. The summed E-state index contributed by atoms with van der Waals surface area (Å²) in [7, 11) is 0. The van der Waals surface area contributed by atoms with Crippen LogP contribution in [0.1, 0.15) is 87.5 Å². The molecule has 1 aliphatic carbocycles. The number of aromatic carboxylic acids is 1. The van der Waals surface area contributed by atoms with Gasteiger partial charge in [-0.2, -0.15) is 0 Å². The average Bonchev–Trinajstić information content (AvgIpc) is 3.91. The number of amides is 1. The Bertz CT molecular complexity index is 1600. The lowest BCUT2D eigenvalue weighted by Crippen LogP contribution is -2.49. The first-order valence-electron chi connectivity index (χ1n) is 16.9. The molecule has 2 aliphatic rings. The predicted octanol–water partition coefficient (Wildman–Crippen LogP) is 8.30. The van der Waals surface area contributed by atoms with E-state index in [-0.39, 0.29) is 22.9 Å². The monoisotopic (exact) mass is 641 g/mol. The Hall–Kier alpha value is -4.46. The van der Waals surface area contributed by atoms with Crippen molar-refractivity contribution in [3.63, 3.8) is 0 Å². The molecule has 250 valence electrons. The molecule has 47 heavy (non-hydrogen) atoms. The molecular formula is C39H48FN3O4. The normalized spacial score (nSPS) is 16.1. The van der Waals surface area contributed by atoms with Gasteiger partial charge in [0.05, 0.1) is 11.2 Å². The van der Waals surface area contributed by atoms with E-state index in [1.807, 2.05) is 15.9 Å². The van der Waals surface area contributed by atoms with Crippen LogP contribution >= 0.6 is 0 Å². The van der Waals surface area contributed by atoms with E-state index in [2.05, 4.69) is 73.8 Å². The number of carboxylic acids is 1. The van der Waals surface area contributed by atoms with Gasteiger partial charge in [-0.25, -0.2) is 9.18 Å². The molecule has 1 saturated carbocycles. The number of piperazine rings is 1. The quantitative estimate of drug-likeness (QED) is 0.176. The van der Waals surface area contributed by atoms with Crippen LogP contribution in [0.2, 0.25) is 0 Å². The number of halogens is 1. The van der Waals surface area contributed by atoms with Crippen molar-refractivity contribution in [3.8, 4) is 0 Å². The van der Waals surface area contributed by atoms with Crippen LogP contribution in [0.3, 0.4) is 0 Å². The Morgan fingerprint density at radius 1 is 0.809 bits per heavy atom. The molecule has 2 heterocycles. The van der Waals surface area contributed by atoms with E-state index < -0.39 is 17.2 Å². The predicted molar refractivity (Wildman–Crippen MR) is 190 cm³/mol. The molecule has 1 aromatic heterocycles. The van der Waals surface area contributed by atoms with Gasteiger partial charge in [0.2, 0.25) is 11.3 Å². The summed E-state index contributed by atoms with van der Waals surface area (Å²) in [5.74, 6) is -1.78. The largest absolute Gasteiger partial charge is 0.477 e. The fourth-order valence-electron chi connectivity index (χ4n) is 5.61. The highest BCUT2D eigenvalue weighted by molar-refractivity contribution is 5.93. The topological polar surface area (TPSA) is 82.8 Å². The van der Waals surface area contributed by atoms with Crippen molar-refractivity contribution in [1.82, 2.24) is 9.47 Å². The van der Waals surface area contributed by atoms with Gasteiger partial charge in [-0.1, -0.05) is 79.8 Å². The minimum Gasteiger partial charge on any atom is -0.477 e. The number of nitrogens with zero attached hydrogens (tertiary/aromatic N) is 3. The van der Waals surface area contributed by atoms with Crippen molar-refractivity contribution >= 4 is 28.5 Å². The number of fused-ring (bicyclic) bond motifs is 1. The van der Waals surface area contributed by atoms with Crippen LogP contribution in [0.5, 0.6) is 0 Å². The molecule has 1 aromatic carbocycles. The van der Waals surface area contributed by atoms with Crippen LogP contribution in [-0.4, -0.2) is 52.6 Å². The van der Waals surface area contributed by atoms with Gasteiger partial charge in [-0.3, -0.25) is 9.59 Å². The van der Waals surface area contributed by atoms with Gasteiger partial charge < -0.3 is 19.5 Å². The Morgan fingerprint density at radius 3 is 1.85 bits per heavy atom. The van der Waals surface area contributed by atoms with Crippen LogP contribution in [0, 0.1) is 5.82 Å². The lowest BCUT2D eigenvalue weighted by Gasteiger charge is -2.36. The van der Waals surface area contributed by atoms with Crippen molar-refractivity contribution in [2.75, 3.05) is 31.1 Å². The Morgan fingerprint density at radius 2 is 1.34 bits per heavy atom. The fourth-order valence-corrected chi connectivity index (χ4v) is 5.61. The van der Waals surface area contributed by atoms with E-state index in [4.69, 9.17) is 0 Å². The third kappa shape index (κ3) is 10.8. The Balaban J connectivity index is 1.14. The van der Waals surface area contributed by atoms with E-state index >= 15 is 4.39 Å². The number of anilines is 1. The zero-order chi connectivity index (χ0) is 33.4. The summed E-state index contributed by atoms with van der Waals surface area (Å²) in [5, 5.41) is 9.56. The van der Waals surface area contributed by atoms with E-state index in [9.17, 15) is 19.5 Å². The fraction of sp³-hybridized carbons (Fsp3) is 0.410. The highest BCUT2D eigenvalue weighted by Crippen LogP contribution is 2.38. The molecule has 1 saturated heterocycles. The lowest BCUT2D eigenvalue weighted by atomic mass is 10.1. The maximum absolute atomic E-state index is 15.3. The molecule has 0 spiro atoms. The maximum Gasteiger partial charge on any atom is 0.341 e. The third-order valence-electron chi connectivity index (χ3n) is 8.37. The summed E-state index contributed by atoms with van der Waals surface area (Å²) in [6.07, 6.45) is 36.0. The van der Waals surface area contributed by atoms with Gasteiger partial charge in [-0.05, 0) is 69.9 Å². The molecule has 1 aliphatic heterocycles. The van der Waals surface area contributed by atoms with E-state index in [0.717, 1.165) is 51.4 Å². The summed E-state index contributed by atoms with van der Waals surface area (Å²) in [5.41, 5.74) is -0.0851. The van der Waals surface area contributed by atoms with Crippen LogP contribution in [-0.2, 0) is 4.79 Å². The first kappa shape index (κ1) is 35.4. The van der Waals surface area contributed by atoms with Gasteiger partial charge >= 0.3 is 5.97 Å². The summed E-state index contributed by atoms with van der Waals surface area (Å²) in [6, 6.07) is 2.95. The molecular weight excluding hydrogens is 593 g/mol. The SMILES string of the molecule is CC/C=C\C/C=C\C/C=C\C/C=C\C/C=C\C/C=C\CCC(=O)N1CCN(c2cc3c(cc2F)c(=O)c(C(=O)O)cn3C2CC2)CC1. The summed E-state index contributed by atoms with van der Waals surface area (Å²) in [4.78, 5) is 40.9. The number of benzene rings is 1.